The predicted octanol–water partition coefficient (Wildman–Crippen LogP) is 3.17. The molecule has 0 aliphatic rings. The van der Waals surface area contributed by atoms with Gasteiger partial charge in [0.2, 0.25) is 0 Å². The summed E-state index contributed by atoms with van der Waals surface area (Å²) in [4.78, 5) is -0.209. The molecule has 0 unspecified atom stereocenters. The van der Waals surface area contributed by atoms with Gasteiger partial charge in [-0.05, 0) is 42.0 Å². The second-order valence-corrected chi connectivity index (χ2v) is 6.54. The van der Waals surface area contributed by atoms with Crippen LogP contribution in [0.15, 0.2) is 41.3 Å². The summed E-state index contributed by atoms with van der Waals surface area (Å²) < 4.78 is 50.5. The highest BCUT2D eigenvalue weighted by Crippen LogP contribution is 2.26. The zero-order valence-electron chi connectivity index (χ0n) is 10.1. The van der Waals surface area contributed by atoms with Crippen molar-refractivity contribution in [3.05, 3.63) is 58.6 Å². The number of nitrogen functional groups attached to an aromatic ring is 1. The summed E-state index contributed by atoms with van der Waals surface area (Å²) >= 11 is 5.83. The summed E-state index contributed by atoms with van der Waals surface area (Å²) in [7, 11) is -3.84. The first-order valence-corrected chi connectivity index (χ1v) is 7.54. The minimum absolute atomic E-state index is 0.121. The summed E-state index contributed by atoms with van der Waals surface area (Å²) in [5.41, 5.74) is 5.43. The Labute approximate surface area is 119 Å². The van der Waals surface area contributed by atoms with E-state index in [2.05, 4.69) is 0 Å². The van der Waals surface area contributed by atoms with Crippen molar-refractivity contribution >= 4 is 27.1 Å². The van der Waals surface area contributed by atoms with Crippen LogP contribution < -0.4 is 5.73 Å². The highest BCUT2D eigenvalue weighted by molar-refractivity contribution is 7.90. The van der Waals surface area contributed by atoms with E-state index in [0.717, 1.165) is 30.3 Å². The molecule has 0 saturated heterocycles. The zero-order chi connectivity index (χ0) is 14.9. The van der Waals surface area contributed by atoms with Gasteiger partial charge in [-0.3, -0.25) is 0 Å². The maximum absolute atomic E-state index is 13.1. The minimum atomic E-state index is -3.84. The third kappa shape index (κ3) is 3.08. The highest BCUT2D eigenvalue weighted by Gasteiger charge is 2.20. The van der Waals surface area contributed by atoms with Gasteiger partial charge in [0.15, 0.2) is 9.84 Å². The molecule has 0 atom stereocenters. The van der Waals surface area contributed by atoms with Gasteiger partial charge in [-0.2, -0.15) is 0 Å². The van der Waals surface area contributed by atoms with Crippen molar-refractivity contribution in [1.29, 1.82) is 0 Å². The fourth-order valence-electron chi connectivity index (χ4n) is 1.74. The number of sulfone groups is 1. The van der Waals surface area contributed by atoms with Crippen molar-refractivity contribution in [2.24, 2.45) is 0 Å². The Kier molecular flexibility index (Phi) is 3.96. The molecule has 20 heavy (non-hydrogen) atoms. The second kappa shape index (κ2) is 5.38. The largest absolute Gasteiger partial charge is 0.398 e. The summed E-state index contributed by atoms with van der Waals surface area (Å²) in [6.45, 7) is 0. The third-order valence-electron chi connectivity index (χ3n) is 2.66. The average molecular weight is 318 g/mol. The lowest BCUT2D eigenvalue weighted by Gasteiger charge is -2.09. The van der Waals surface area contributed by atoms with Crippen LogP contribution in [0, 0.1) is 11.6 Å². The van der Waals surface area contributed by atoms with Gasteiger partial charge in [0.1, 0.15) is 11.6 Å². The van der Waals surface area contributed by atoms with E-state index >= 15 is 0 Å². The molecular formula is C13H10ClF2NO2S. The lowest BCUT2D eigenvalue weighted by atomic mass is 10.2. The molecule has 2 rings (SSSR count). The van der Waals surface area contributed by atoms with Crippen molar-refractivity contribution in [3.63, 3.8) is 0 Å². The molecule has 0 aliphatic heterocycles. The Hall–Kier alpha value is -1.66. The molecule has 0 amide bonds. The number of nitrogens with two attached hydrogens (primary N) is 1. The van der Waals surface area contributed by atoms with Crippen LogP contribution in [0.2, 0.25) is 5.02 Å². The van der Waals surface area contributed by atoms with Crippen molar-refractivity contribution in [2.75, 3.05) is 5.73 Å². The Morgan fingerprint density at radius 3 is 2.30 bits per heavy atom. The quantitative estimate of drug-likeness (QED) is 0.698. The highest BCUT2D eigenvalue weighted by atomic mass is 35.5. The van der Waals surface area contributed by atoms with Crippen LogP contribution in [0.3, 0.4) is 0 Å². The first-order chi connectivity index (χ1) is 9.29. The molecular weight excluding hydrogens is 308 g/mol. The van der Waals surface area contributed by atoms with Gasteiger partial charge in [-0.25, -0.2) is 17.2 Å². The molecule has 0 aliphatic carbocycles. The lowest BCUT2D eigenvalue weighted by Crippen LogP contribution is -2.08. The number of benzene rings is 2. The molecule has 2 N–H and O–H groups in total. The monoisotopic (exact) mass is 317 g/mol. The van der Waals surface area contributed by atoms with Crippen LogP contribution in [0.5, 0.6) is 0 Å². The first-order valence-electron chi connectivity index (χ1n) is 5.51. The summed E-state index contributed by atoms with van der Waals surface area (Å²) in [6, 6.07) is 6.43. The van der Waals surface area contributed by atoms with Crippen molar-refractivity contribution in [3.8, 4) is 0 Å². The van der Waals surface area contributed by atoms with E-state index in [9.17, 15) is 17.2 Å². The molecule has 0 aromatic heterocycles. The first kappa shape index (κ1) is 14.7. The van der Waals surface area contributed by atoms with Crippen LogP contribution in [0.25, 0.3) is 0 Å². The van der Waals surface area contributed by atoms with Gasteiger partial charge in [0.05, 0.1) is 16.3 Å². The van der Waals surface area contributed by atoms with Gasteiger partial charge in [0, 0.05) is 5.02 Å². The topological polar surface area (TPSA) is 60.2 Å². The van der Waals surface area contributed by atoms with E-state index in [4.69, 9.17) is 17.3 Å². The van der Waals surface area contributed by atoms with Crippen molar-refractivity contribution in [1.82, 2.24) is 0 Å². The van der Waals surface area contributed by atoms with Crippen LogP contribution >= 0.6 is 11.6 Å². The number of rotatable bonds is 3. The Balaban J connectivity index is 2.43. The van der Waals surface area contributed by atoms with Gasteiger partial charge < -0.3 is 5.73 Å². The molecule has 0 heterocycles. The summed E-state index contributed by atoms with van der Waals surface area (Å²) in [6.07, 6.45) is 0. The third-order valence-corrected chi connectivity index (χ3v) is 4.76. The minimum Gasteiger partial charge on any atom is -0.398 e. The Morgan fingerprint density at radius 2 is 1.65 bits per heavy atom. The lowest BCUT2D eigenvalue weighted by molar-refractivity contribution is 0.594. The van der Waals surface area contributed by atoms with Crippen LogP contribution in [-0.4, -0.2) is 8.42 Å². The molecule has 0 bridgehead atoms. The van der Waals surface area contributed by atoms with E-state index in [-0.39, 0.29) is 21.2 Å². The van der Waals surface area contributed by atoms with Crippen LogP contribution in [0.1, 0.15) is 5.56 Å². The molecule has 106 valence electrons. The van der Waals surface area contributed by atoms with Gasteiger partial charge in [0.25, 0.3) is 0 Å². The van der Waals surface area contributed by atoms with Gasteiger partial charge in [-0.15, -0.1) is 0 Å². The second-order valence-electron chi connectivity index (χ2n) is 4.18. The van der Waals surface area contributed by atoms with E-state index in [1.54, 1.807) is 0 Å². The maximum Gasteiger partial charge on any atom is 0.184 e. The van der Waals surface area contributed by atoms with E-state index < -0.39 is 27.2 Å². The summed E-state index contributed by atoms with van der Waals surface area (Å²) in [5, 5.41) is 0.135. The van der Waals surface area contributed by atoms with E-state index in [1.807, 2.05) is 0 Å². The fourth-order valence-corrected chi connectivity index (χ4v) is 3.50. The van der Waals surface area contributed by atoms with Crippen LogP contribution in [-0.2, 0) is 15.6 Å². The average Bonchev–Trinajstić information content (AvgIpc) is 2.33. The van der Waals surface area contributed by atoms with E-state index in [0.29, 0.717) is 0 Å². The molecule has 7 heteroatoms. The normalized spacial score (nSPS) is 11.6. The van der Waals surface area contributed by atoms with Crippen LogP contribution in [0.4, 0.5) is 14.5 Å². The number of hydrogen-bond donors (Lipinski definition) is 1. The molecule has 0 saturated carbocycles. The van der Waals surface area contributed by atoms with Gasteiger partial charge in [-0.1, -0.05) is 11.6 Å². The smallest absolute Gasteiger partial charge is 0.184 e. The number of hydrogen-bond acceptors (Lipinski definition) is 3. The Morgan fingerprint density at radius 1 is 1.05 bits per heavy atom. The SMILES string of the molecule is Nc1cc(F)ccc1S(=O)(=O)Cc1cc(F)ccc1Cl. The van der Waals surface area contributed by atoms with Gasteiger partial charge >= 0.3 is 0 Å². The molecule has 0 radical (unpaired) electrons. The molecule has 0 fully saturated rings. The maximum atomic E-state index is 13.1. The molecule has 2 aromatic carbocycles. The number of anilines is 1. The Bertz CT molecular complexity index is 763. The van der Waals surface area contributed by atoms with Crippen molar-refractivity contribution < 1.29 is 17.2 Å². The van der Waals surface area contributed by atoms with E-state index in [1.165, 1.54) is 6.07 Å². The zero-order valence-corrected chi connectivity index (χ0v) is 11.7. The van der Waals surface area contributed by atoms with Crippen molar-refractivity contribution in [2.45, 2.75) is 10.6 Å². The fraction of sp³-hybridized carbons (Fsp3) is 0.0769. The number of halogens is 3. The predicted molar refractivity (Wildman–Crippen MR) is 73.1 cm³/mol. The standard InChI is InChI=1S/C13H10ClF2NO2S/c14-11-3-1-9(15)5-8(11)7-20(18,19)13-4-2-10(16)6-12(13)17/h1-6H,7,17H2. The molecule has 3 nitrogen and oxygen atoms in total. The molecule has 0 spiro atoms. The summed E-state index contributed by atoms with van der Waals surface area (Å²) in [5.74, 6) is -1.74. The molecule has 2 aromatic rings.